The lowest BCUT2D eigenvalue weighted by atomic mass is 9.93. The Balaban J connectivity index is 1.65. The fourth-order valence-electron chi connectivity index (χ4n) is 3.52. The molecule has 3 rings (SSSR count). The summed E-state index contributed by atoms with van der Waals surface area (Å²) in [5.74, 6) is 0.596. The minimum atomic E-state index is -0.341. The standard InChI is InChI=1S/C18H28N2O3S/c1-14(2)19(3)10-15-9-18(23-11-15)12-20(6-7-22-13-18)17(21)16-5-4-8-24-16/h4-5,8,14-15H,6-7,9-13H2,1-3H3/t15-,18-/m0/s1. The first kappa shape index (κ1) is 17.9. The van der Waals surface area contributed by atoms with Crippen LogP contribution in [0.2, 0.25) is 0 Å². The zero-order chi connectivity index (χ0) is 17.2. The molecule has 2 aliphatic rings. The third-order valence-electron chi connectivity index (χ3n) is 5.08. The topological polar surface area (TPSA) is 42.0 Å². The van der Waals surface area contributed by atoms with Gasteiger partial charge >= 0.3 is 0 Å². The van der Waals surface area contributed by atoms with Crippen LogP contribution in [0.5, 0.6) is 0 Å². The maximum Gasteiger partial charge on any atom is 0.264 e. The fourth-order valence-corrected chi connectivity index (χ4v) is 4.21. The van der Waals surface area contributed by atoms with Crippen molar-refractivity contribution in [3.05, 3.63) is 22.4 Å². The fraction of sp³-hybridized carbons (Fsp3) is 0.722. The molecule has 0 saturated carbocycles. The van der Waals surface area contributed by atoms with Crippen molar-refractivity contribution in [1.29, 1.82) is 0 Å². The Labute approximate surface area is 148 Å². The maximum absolute atomic E-state index is 12.7. The van der Waals surface area contributed by atoms with E-state index in [4.69, 9.17) is 9.47 Å². The molecule has 134 valence electrons. The average Bonchev–Trinajstić information content (AvgIpc) is 3.15. The van der Waals surface area contributed by atoms with Gasteiger partial charge < -0.3 is 19.3 Å². The summed E-state index contributed by atoms with van der Waals surface area (Å²) in [7, 11) is 2.16. The predicted octanol–water partition coefficient (Wildman–Crippen LogP) is 2.34. The molecule has 1 aromatic rings. The van der Waals surface area contributed by atoms with E-state index in [1.54, 1.807) is 0 Å². The number of hydrogen-bond donors (Lipinski definition) is 0. The first-order valence-corrected chi connectivity index (χ1v) is 9.62. The van der Waals surface area contributed by atoms with E-state index < -0.39 is 0 Å². The predicted molar refractivity (Wildman–Crippen MR) is 95.6 cm³/mol. The van der Waals surface area contributed by atoms with Gasteiger partial charge in [0.1, 0.15) is 5.60 Å². The molecule has 0 aliphatic carbocycles. The second kappa shape index (κ2) is 7.52. The third-order valence-corrected chi connectivity index (χ3v) is 5.94. The monoisotopic (exact) mass is 352 g/mol. The highest BCUT2D eigenvalue weighted by Crippen LogP contribution is 2.33. The van der Waals surface area contributed by atoms with E-state index in [2.05, 4.69) is 25.8 Å². The third kappa shape index (κ3) is 3.99. The van der Waals surface area contributed by atoms with Crippen molar-refractivity contribution >= 4 is 17.2 Å². The molecule has 6 heteroatoms. The van der Waals surface area contributed by atoms with Crippen LogP contribution < -0.4 is 0 Å². The summed E-state index contributed by atoms with van der Waals surface area (Å²) >= 11 is 1.50. The van der Waals surface area contributed by atoms with Gasteiger partial charge in [-0.05, 0) is 44.7 Å². The highest BCUT2D eigenvalue weighted by molar-refractivity contribution is 7.12. The van der Waals surface area contributed by atoms with E-state index in [1.807, 2.05) is 22.4 Å². The summed E-state index contributed by atoms with van der Waals surface area (Å²) in [6.07, 6.45) is 0.957. The molecule has 2 saturated heterocycles. The second-order valence-electron chi connectivity index (χ2n) is 7.35. The molecule has 1 spiro atoms. The van der Waals surface area contributed by atoms with Crippen LogP contribution in [-0.2, 0) is 9.47 Å². The zero-order valence-electron chi connectivity index (χ0n) is 14.9. The first-order chi connectivity index (χ1) is 11.5. The SMILES string of the molecule is CC(C)N(C)C[C@H]1CO[C@@]2(COCCN(C(=O)c3cccs3)C2)C1. The molecule has 2 atom stereocenters. The van der Waals surface area contributed by atoms with Crippen molar-refractivity contribution < 1.29 is 14.3 Å². The summed E-state index contributed by atoms with van der Waals surface area (Å²) in [5.41, 5.74) is -0.341. The van der Waals surface area contributed by atoms with E-state index >= 15 is 0 Å². The van der Waals surface area contributed by atoms with E-state index in [0.29, 0.717) is 38.3 Å². The van der Waals surface area contributed by atoms with Gasteiger partial charge in [-0.3, -0.25) is 4.79 Å². The van der Waals surface area contributed by atoms with Crippen LogP contribution in [0.4, 0.5) is 0 Å². The summed E-state index contributed by atoms with van der Waals surface area (Å²) in [5, 5.41) is 1.95. The lowest BCUT2D eigenvalue weighted by Gasteiger charge is -2.31. The molecule has 1 amide bonds. The molecule has 1 aromatic heterocycles. The molecule has 0 radical (unpaired) electrons. The van der Waals surface area contributed by atoms with E-state index in [0.717, 1.165) is 24.4 Å². The van der Waals surface area contributed by atoms with Gasteiger partial charge in [0.2, 0.25) is 0 Å². The molecule has 0 aromatic carbocycles. The van der Waals surface area contributed by atoms with E-state index in [1.165, 1.54) is 11.3 Å². The lowest BCUT2D eigenvalue weighted by Crippen LogP contribution is -2.46. The van der Waals surface area contributed by atoms with E-state index in [-0.39, 0.29) is 11.5 Å². The molecule has 0 unspecified atom stereocenters. The number of nitrogens with zero attached hydrogens (tertiary/aromatic N) is 2. The van der Waals surface area contributed by atoms with Gasteiger partial charge in [-0.15, -0.1) is 11.3 Å². The summed E-state index contributed by atoms with van der Waals surface area (Å²) in [6.45, 7) is 8.63. The van der Waals surface area contributed by atoms with Crippen LogP contribution in [0, 0.1) is 5.92 Å². The first-order valence-electron chi connectivity index (χ1n) is 8.74. The maximum atomic E-state index is 12.7. The molecule has 5 nitrogen and oxygen atoms in total. The van der Waals surface area contributed by atoms with Crippen molar-refractivity contribution in [3.63, 3.8) is 0 Å². The van der Waals surface area contributed by atoms with Crippen LogP contribution in [0.15, 0.2) is 17.5 Å². The van der Waals surface area contributed by atoms with Crippen molar-refractivity contribution in [2.75, 3.05) is 46.5 Å². The van der Waals surface area contributed by atoms with Crippen LogP contribution >= 0.6 is 11.3 Å². The zero-order valence-corrected chi connectivity index (χ0v) is 15.7. The van der Waals surface area contributed by atoms with Crippen LogP contribution in [0.25, 0.3) is 0 Å². The highest BCUT2D eigenvalue weighted by Gasteiger charge is 2.44. The van der Waals surface area contributed by atoms with E-state index in [9.17, 15) is 4.79 Å². The van der Waals surface area contributed by atoms with Gasteiger partial charge in [0, 0.05) is 19.1 Å². The van der Waals surface area contributed by atoms with Crippen molar-refractivity contribution in [2.45, 2.75) is 31.9 Å². The van der Waals surface area contributed by atoms with Gasteiger partial charge in [-0.1, -0.05) is 6.07 Å². The Bertz CT molecular complexity index is 548. The Morgan fingerprint density at radius 2 is 2.38 bits per heavy atom. The highest BCUT2D eigenvalue weighted by atomic mass is 32.1. The molecule has 2 fully saturated rings. The largest absolute Gasteiger partial charge is 0.377 e. The Morgan fingerprint density at radius 3 is 3.08 bits per heavy atom. The Morgan fingerprint density at radius 1 is 1.54 bits per heavy atom. The van der Waals surface area contributed by atoms with Gasteiger partial charge in [-0.2, -0.15) is 0 Å². The number of amides is 1. The molecular formula is C18H28N2O3S. The van der Waals surface area contributed by atoms with Crippen molar-refractivity contribution in [3.8, 4) is 0 Å². The number of ether oxygens (including phenoxy) is 2. The van der Waals surface area contributed by atoms with Gasteiger partial charge in [0.25, 0.3) is 5.91 Å². The van der Waals surface area contributed by atoms with Crippen LogP contribution in [-0.4, -0.2) is 73.9 Å². The van der Waals surface area contributed by atoms with Gasteiger partial charge in [0.05, 0.1) is 31.2 Å². The Kier molecular flexibility index (Phi) is 5.59. The van der Waals surface area contributed by atoms with Crippen molar-refractivity contribution in [1.82, 2.24) is 9.80 Å². The minimum Gasteiger partial charge on any atom is -0.377 e. The quantitative estimate of drug-likeness (QED) is 0.834. The van der Waals surface area contributed by atoms with Crippen molar-refractivity contribution in [2.24, 2.45) is 5.92 Å². The lowest BCUT2D eigenvalue weighted by molar-refractivity contribution is -0.0539. The normalized spacial score (nSPS) is 28.0. The van der Waals surface area contributed by atoms with Crippen LogP contribution in [0.1, 0.15) is 29.9 Å². The summed E-state index contributed by atoms with van der Waals surface area (Å²) < 4.78 is 12.0. The van der Waals surface area contributed by atoms with Crippen LogP contribution in [0.3, 0.4) is 0 Å². The number of carbonyl (C=O) groups excluding carboxylic acids is 1. The minimum absolute atomic E-state index is 0.0984. The molecule has 0 N–H and O–H groups in total. The van der Waals surface area contributed by atoms with Gasteiger partial charge in [0.15, 0.2) is 0 Å². The molecule has 24 heavy (non-hydrogen) atoms. The molecule has 3 heterocycles. The molecule has 0 bridgehead atoms. The average molecular weight is 353 g/mol. The van der Waals surface area contributed by atoms with Gasteiger partial charge in [-0.25, -0.2) is 0 Å². The Hall–Kier alpha value is -0.950. The summed E-state index contributed by atoms with van der Waals surface area (Å²) in [6, 6.07) is 4.34. The smallest absolute Gasteiger partial charge is 0.264 e. The number of thiophene rings is 1. The molecule has 2 aliphatic heterocycles. The number of carbonyl (C=O) groups is 1. The molecular weight excluding hydrogens is 324 g/mol. The second-order valence-corrected chi connectivity index (χ2v) is 8.30. The number of rotatable bonds is 4. The number of hydrogen-bond acceptors (Lipinski definition) is 5. The summed E-state index contributed by atoms with van der Waals surface area (Å²) in [4.78, 5) is 17.8.